The first kappa shape index (κ1) is 16.9. The van der Waals surface area contributed by atoms with E-state index < -0.39 is 0 Å². The van der Waals surface area contributed by atoms with Crippen LogP contribution in [-0.4, -0.2) is 15.4 Å². The lowest BCUT2D eigenvalue weighted by Gasteiger charge is -2.14. The second-order valence-electron chi connectivity index (χ2n) is 5.93. The minimum atomic E-state index is -0.315. The number of nitrogens with zero attached hydrogens (tertiary/aromatic N) is 2. The summed E-state index contributed by atoms with van der Waals surface area (Å²) in [5, 5.41) is 0. The Morgan fingerprint density at radius 2 is 1.92 bits per heavy atom. The number of aryl methyl sites for hydroxylation is 1. The summed E-state index contributed by atoms with van der Waals surface area (Å²) < 4.78 is 6.95. The molecule has 0 saturated carbocycles. The van der Waals surface area contributed by atoms with Crippen molar-refractivity contribution >= 4 is 11.6 Å². The maximum Gasteiger partial charge on any atom is 0.313 e. The van der Waals surface area contributed by atoms with E-state index >= 15 is 0 Å². The van der Waals surface area contributed by atoms with E-state index in [1.54, 1.807) is 6.07 Å². The predicted octanol–water partition coefficient (Wildman–Crippen LogP) is 3.24. The molecule has 25 heavy (non-hydrogen) atoms. The number of esters is 1. The van der Waals surface area contributed by atoms with E-state index in [0.717, 1.165) is 11.3 Å². The molecule has 0 unspecified atom stereocenters. The Bertz CT molecular complexity index is 948. The fraction of sp³-hybridized carbons (Fsp3) is 0.250. The molecule has 0 aliphatic heterocycles. The third-order valence-corrected chi connectivity index (χ3v) is 4.19. The Balaban J connectivity index is 1.78. The summed E-state index contributed by atoms with van der Waals surface area (Å²) in [7, 11) is 0. The molecular weight excluding hydrogens is 316 g/mol. The van der Waals surface area contributed by atoms with Gasteiger partial charge in [-0.05, 0) is 31.0 Å². The van der Waals surface area contributed by atoms with E-state index in [-0.39, 0.29) is 24.1 Å². The van der Waals surface area contributed by atoms with Crippen molar-refractivity contribution in [3.8, 4) is 0 Å². The van der Waals surface area contributed by atoms with Crippen LogP contribution in [0.3, 0.4) is 0 Å². The Labute approximate surface area is 145 Å². The van der Waals surface area contributed by atoms with Crippen molar-refractivity contribution in [1.29, 1.82) is 0 Å². The Morgan fingerprint density at radius 3 is 2.64 bits per heavy atom. The van der Waals surface area contributed by atoms with Crippen molar-refractivity contribution in [1.82, 2.24) is 9.38 Å². The first-order valence-electron chi connectivity index (χ1n) is 8.30. The third-order valence-electron chi connectivity index (χ3n) is 4.19. The molecule has 0 aliphatic rings. The monoisotopic (exact) mass is 336 g/mol. The van der Waals surface area contributed by atoms with Crippen LogP contribution in [0, 0.1) is 6.92 Å². The molecule has 1 aromatic carbocycles. The molecule has 5 nitrogen and oxygen atoms in total. The zero-order valence-electron chi connectivity index (χ0n) is 14.3. The summed E-state index contributed by atoms with van der Waals surface area (Å²) >= 11 is 0. The van der Waals surface area contributed by atoms with Gasteiger partial charge in [0, 0.05) is 11.8 Å². The highest BCUT2D eigenvalue weighted by Crippen LogP contribution is 2.21. The summed E-state index contributed by atoms with van der Waals surface area (Å²) in [5.74, 6) is -0.620. The zero-order valence-corrected chi connectivity index (χ0v) is 14.3. The van der Waals surface area contributed by atoms with Crippen molar-refractivity contribution in [2.45, 2.75) is 32.8 Å². The zero-order chi connectivity index (χ0) is 17.8. The average Bonchev–Trinajstić information content (AvgIpc) is 2.61. The highest BCUT2D eigenvalue weighted by Gasteiger charge is 2.20. The lowest BCUT2D eigenvalue weighted by atomic mass is 9.97. The van der Waals surface area contributed by atoms with E-state index in [4.69, 9.17) is 4.74 Å². The molecule has 0 N–H and O–H groups in total. The highest BCUT2D eigenvalue weighted by molar-refractivity contribution is 5.78. The quantitative estimate of drug-likeness (QED) is 0.671. The van der Waals surface area contributed by atoms with Gasteiger partial charge in [0.25, 0.3) is 5.56 Å². The Morgan fingerprint density at radius 1 is 1.16 bits per heavy atom. The molecule has 5 heteroatoms. The summed E-state index contributed by atoms with van der Waals surface area (Å²) in [4.78, 5) is 29.1. The molecule has 1 atom stereocenters. The first-order valence-corrected chi connectivity index (χ1v) is 8.30. The maximum absolute atomic E-state index is 12.4. The number of ether oxygens (including phenoxy) is 1. The van der Waals surface area contributed by atoms with Gasteiger partial charge in [0.05, 0.1) is 11.6 Å². The van der Waals surface area contributed by atoms with Crippen molar-refractivity contribution in [3.05, 3.63) is 81.9 Å². The van der Waals surface area contributed by atoms with Crippen LogP contribution >= 0.6 is 0 Å². The smallest absolute Gasteiger partial charge is 0.313 e. The maximum atomic E-state index is 12.4. The van der Waals surface area contributed by atoms with E-state index in [1.807, 2.05) is 56.3 Å². The molecule has 2 heterocycles. The SMILES string of the molecule is CC[C@H](C(=O)OCc1cc(=O)n2c(C)cccc2n1)c1ccccc1. The van der Waals surface area contributed by atoms with Crippen molar-refractivity contribution < 1.29 is 9.53 Å². The molecule has 128 valence electrons. The number of carbonyl (C=O) groups is 1. The highest BCUT2D eigenvalue weighted by atomic mass is 16.5. The van der Waals surface area contributed by atoms with Gasteiger partial charge >= 0.3 is 5.97 Å². The number of hydrogen-bond donors (Lipinski definition) is 0. The van der Waals surface area contributed by atoms with Crippen LogP contribution in [0.5, 0.6) is 0 Å². The summed E-state index contributed by atoms with van der Waals surface area (Å²) in [5.41, 5.74) is 2.57. The van der Waals surface area contributed by atoms with E-state index in [2.05, 4.69) is 4.98 Å². The van der Waals surface area contributed by atoms with Crippen LogP contribution in [0.1, 0.15) is 36.2 Å². The molecule has 0 bridgehead atoms. The van der Waals surface area contributed by atoms with Gasteiger partial charge in [-0.25, -0.2) is 4.98 Å². The summed E-state index contributed by atoms with van der Waals surface area (Å²) in [6.07, 6.45) is 0.649. The number of hydrogen-bond acceptors (Lipinski definition) is 4. The Hall–Kier alpha value is -2.95. The standard InChI is InChI=1S/C20H20N2O3/c1-3-17(15-9-5-4-6-10-15)20(24)25-13-16-12-19(23)22-14(2)8-7-11-18(22)21-16/h4-12,17H,3,13H2,1-2H3/t17-/m0/s1. The lowest BCUT2D eigenvalue weighted by molar-refractivity contribution is -0.147. The van der Waals surface area contributed by atoms with Crippen LogP contribution in [0.15, 0.2) is 59.4 Å². The molecule has 3 rings (SSSR count). The number of carbonyl (C=O) groups excluding carboxylic acids is 1. The minimum Gasteiger partial charge on any atom is -0.459 e. The van der Waals surface area contributed by atoms with Crippen molar-refractivity contribution in [3.63, 3.8) is 0 Å². The molecule has 0 fully saturated rings. The second kappa shape index (κ2) is 7.30. The first-order chi connectivity index (χ1) is 12.1. The summed E-state index contributed by atoms with van der Waals surface area (Å²) in [6.45, 7) is 3.78. The number of rotatable bonds is 5. The van der Waals surface area contributed by atoms with Gasteiger partial charge in [0.1, 0.15) is 12.3 Å². The van der Waals surface area contributed by atoms with Crippen LogP contribution < -0.4 is 5.56 Å². The minimum absolute atomic E-state index is 0.0121. The fourth-order valence-electron chi connectivity index (χ4n) is 2.91. The molecule has 0 aliphatic carbocycles. The van der Waals surface area contributed by atoms with Crippen LogP contribution in [0.2, 0.25) is 0 Å². The topological polar surface area (TPSA) is 60.7 Å². The van der Waals surface area contributed by atoms with Gasteiger partial charge < -0.3 is 4.74 Å². The molecule has 0 saturated heterocycles. The van der Waals surface area contributed by atoms with Crippen molar-refractivity contribution in [2.24, 2.45) is 0 Å². The molecular formula is C20H20N2O3. The van der Waals surface area contributed by atoms with Gasteiger partial charge in [-0.2, -0.15) is 0 Å². The number of pyridine rings is 1. The molecule has 0 radical (unpaired) electrons. The van der Waals surface area contributed by atoms with Gasteiger partial charge in [-0.1, -0.05) is 43.3 Å². The van der Waals surface area contributed by atoms with Gasteiger partial charge in [0.2, 0.25) is 0 Å². The predicted molar refractivity (Wildman–Crippen MR) is 95.5 cm³/mol. The number of fused-ring (bicyclic) bond motifs is 1. The van der Waals surface area contributed by atoms with Crippen molar-refractivity contribution in [2.75, 3.05) is 0 Å². The third kappa shape index (κ3) is 3.60. The van der Waals surface area contributed by atoms with Crippen LogP contribution in [0.25, 0.3) is 5.65 Å². The molecule has 0 amide bonds. The van der Waals surface area contributed by atoms with Crippen LogP contribution in [0.4, 0.5) is 0 Å². The summed E-state index contributed by atoms with van der Waals surface area (Å²) in [6, 6.07) is 16.4. The van der Waals surface area contributed by atoms with E-state index in [1.165, 1.54) is 10.5 Å². The molecule has 2 aromatic heterocycles. The second-order valence-corrected chi connectivity index (χ2v) is 5.93. The molecule has 3 aromatic rings. The average molecular weight is 336 g/mol. The molecule has 0 spiro atoms. The number of aromatic nitrogens is 2. The van der Waals surface area contributed by atoms with Gasteiger partial charge in [-0.15, -0.1) is 0 Å². The van der Waals surface area contributed by atoms with E-state index in [9.17, 15) is 9.59 Å². The number of benzene rings is 1. The normalized spacial score (nSPS) is 12.1. The van der Waals surface area contributed by atoms with E-state index in [0.29, 0.717) is 17.8 Å². The van der Waals surface area contributed by atoms with Gasteiger partial charge in [-0.3, -0.25) is 14.0 Å². The lowest BCUT2D eigenvalue weighted by Crippen LogP contribution is -2.20. The Kier molecular flexibility index (Phi) is 4.93. The largest absolute Gasteiger partial charge is 0.459 e. The fourth-order valence-corrected chi connectivity index (χ4v) is 2.91. The van der Waals surface area contributed by atoms with Crippen LogP contribution in [-0.2, 0) is 16.1 Å². The van der Waals surface area contributed by atoms with Gasteiger partial charge in [0.15, 0.2) is 0 Å².